The lowest BCUT2D eigenvalue weighted by Gasteiger charge is -2.11. The molecule has 0 radical (unpaired) electrons. The molecule has 0 aromatic heterocycles. The molecule has 2 aromatic rings. The molecule has 9 heteroatoms. The molecule has 0 saturated carbocycles. The number of anilines is 4. The quantitative estimate of drug-likeness (QED) is 0.600. The van der Waals surface area contributed by atoms with Gasteiger partial charge in [0.2, 0.25) is 0 Å². The molecule has 1 heterocycles. The van der Waals surface area contributed by atoms with Crippen molar-refractivity contribution < 1.29 is 23.9 Å². The van der Waals surface area contributed by atoms with Crippen LogP contribution in [-0.4, -0.2) is 32.2 Å². The number of benzene rings is 2. The van der Waals surface area contributed by atoms with Crippen molar-refractivity contribution in [2.24, 2.45) is 0 Å². The smallest absolute Gasteiger partial charge is 0.337 e. The standard InChI is InChI=1S/C19H18N4O5/c1-10-20-15-5-4-13(9-16(15)21-10)22-19(26)23-14-7-11(17(24)27-2)6-12(8-14)18(25)28-3/h4-9,20-21H,1H2,2-3H3,(H2,22,23,26). The Balaban J connectivity index is 1.78. The molecule has 0 spiro atoms. The topological polar surface area (TPSA) is 118 Å². The number of esters is 2. The number of fused-ring (bicyclic) bond motifs is 1. The van der Waals surface area contributed by atoms with Crippen molar-refractivity contribution in [3.8, 4) is 0 Å². The Bertz CT molecular complexity index is 952. The second kappa shape index (κ2) is 7.70. The number of ether oxygens (including phenoxy) is 2. The Morgan fingerprint density at radius 3 is 2.00 bits per heavy atom. The SMILES string of the molecule is C=C1Nc2ccc(NC(=O)Nc3cc(C(=O)OC)cc(C(=O)OC)c3)cc2N1. The van der Waals surface area contributed by atoms with Crippen LogP contribution in [0.15, 0.2) is 48.8 Å². The third-order valence-corrected chi connectivity index (χ3v) is 3.88. The Labute approximate surface area is 160 Å². The Morgan fingerprint density at radius 2 is 1.39 bits per heavy atom. The van der Waals surface area contributed by atoms with E-state index in [4.69, 9.17) is 0 Å². The first-order valence-corrected chi connectivity index (χ1v) is 8.16. The van der Waals surface area contributed by atoms with Gasteiger partial charge in [0, 0.05) is 11.4 Å². The zero-order valence-corrected chi connectivity index (χ0v) is 15.2. The van der Waals surface area contributed by atoms with Crippen LogP contribution in [0.2, 0.25) is 0 Å². The molecule has 144 valence electrons. The number of methoxy groups -OCH3 is 2. The summed E-state index contributed by atoms with van der Waals surface area (Å²) in [5.74, 6) is -0.648. The number of carbonyl (C=O) groups excluding carboxylic acids is 3. The summed E-state index contributed by atoms with van der Waals surface area (Å²) in [4.78, 5) is 36.0. The van der Waals surface area contributed by atoms with Crippen molar-refractivity contribution in [3.05, 3.63) is 59.9 Å². The van der Waals surface area contributed by atoms with Crippen molar-refractivity contribution in [1.82, 2.24) is 0 Å². The second-order valence-electron chi connectivity index (χ2n) is 5.85. The van der Waals surface area contributed by atoms with Gasteiger partial charge in [0.15, 0.2) is 0 Å². The molecular weight excluding hydrogens is 364 g/mol. The van der Waals surface area contributed by atoms with Crippen molar-refractivity contribution >= 4 is 40.7 Å². The molecule has 0 fully saturated rings. The molecule has 0 saturated heterocycles. The number of rotatable bonds is 4. The molecule has 9 nitrogen and oxygen atoms in total. The zero-order chi connectivity index (χ0) is 20.3. The van der Waals surface area contributed by atoms with Gasteiger partial charge >= 0.3 is 18.0 Å². The minimum Gasteiger partial charge on any atom is -0.465 e. The van der Waals surface area contributed by atoms with Gasteiger partial charge < -0.3 is 30.7 Å². The van der Waals surface area contributed by atoms with E-state index >= 15 is 0 Å². The third-order valence-electron chi connectivity index (χ3n) is 3.88. The van der Waals surface area contributed by atoms with Crippen LogP contribution in [0.4, 0.5) is 27.5 Å². The highest BCUT2D eigenvalue weighted by Crippen LogP contribution is 2.32. The minimum atomic E-state index is -0.647. The average Bonchev–Trinajstić information content (AvgIpc) is 3.05. The molecule has 28 heavy (non-hydrogen) atoms. The summed E-state index contributed by atoms with van der Waals surface area (Å²) in [6, 6.07) is 8.83. The van der Waals surface area contributed by atoms with E-state index in [0.717, 1.165) is 11.4 Å². The van der Waals surface area contributed by atoms with Gasteiger partial charge in [-0.25, -0.2) is 14.4 Å². The number of urea groups is 1. The number of hydrogen-bond donors (Lipinski definition) is 4. The van der Waals surface area contributed by atoms with Gasteiger partial charge in [-0.15, -0.1) is 0 Å². The van der Waals surface area contributed by atoms with Gasteiger partial charge in [-0.05, 0) is 36.4 Å². The first-order chi connectivity index (χ1) is 13.4. The highest BCUT2D eigenvalue weighted by Gasteiger charge is 2.16. The maximum Gasteiger partial charge on any atom is 0.337 e. The van der Waals surface area contributed by atoms with E-state index in [1.807, 2.05) is 0 Å². The minimum absolute atomic E-state index is 0.104. The maximum absolute atomic E-state index is 12.3. The molecule has 3 rings (SSSR count). The van der Waals surface area contributed by atoms with E-state index in [2.05, 4.69) is 37.3 Å². The van der Waals surface area contributed by atoms with Gasteiger partial charge in [0.1, 0.15) is 5.82 Å². The summed E-state index contributed by atoms with van der Waals surface area (Å²) in [6.07, 6.45) is 0. The van der Waals surface area contributed by atoms with Gasteiger partial charge in [-0.3, -0.25) is 0 Å². The van der Waals surface area contributed by atoms with Crippen LogP contribution in [0.5, 0.6) is 0 Å². The van der Waals surface area contributed by atoms with Gasteiger partial charge in [-0.1, -0.05) is 6.58 Å². The first kappa shape index (κ1) is 18.8. The monoisotopic (exact) mass is 382 g/mol. The molecule has 0 aliphatic carbocycles. The number of amides is 2. The van der Waals surface area contributed by atoms with Gasteiger partial charge in [0.25, 0.3) is 0 Å². The normalized spacial score (nSPS) is 11.6. The lowest BCUT2D eigenvalue weighted by molar-refractivity contribution is 0.0599. The van der Waals surface area contributed by atoms with E-state index in [1.165, 1.54) is 32.4 Å². The molecule has 2 amide bonds. The predicted octanol–water partition coefficient (Wildman–Crippen LogP) is 3.21. The van der Waals surface area contributed by atoms with Crippen molar-refractivity contribution in [1.29, 1.82) is 0 Å². The molecule has 1 aliphatic rings. The molecule has 4 N–H and O–H groups in total. The van der Waals surface area contributed by atoms with E-state index in [1.54, 1.807) is 18.2 Å². The first-order valence-electron chi connectivity index (χ1n) is 8.16. The van der Waals surface area contributed by atoms with Crippen LogP contribution in [0.1, 0.15) is 20.7 Å². The largest absolute Gasteiger partial charge is 0.465 e. The average molecular weight is 382 g/mol. The van der Waals surface area contributed by atoms with Crippen LogP contribution in [-0.2, 0) is 9.47 Å². The third kappa shape index (κ3) is 4.04. The molecule has 0 unspecified atom stereocenters. The molecule has 2 aromatic carbocycles. The number of carbonyl (C=O) groups is 3. The van der Waals surface area contributed by atoms with E-state index in [9.17, 15) is 14.4 Å². The van der Waals surface area contributed by atoms with Crippen molar-refractivity contribution in [3.63, 3.8) is 0 Å². The highest BCUT2D eigenvalue weighted by atomic mass is 16.5. The lowest BCUT2D eigenvalue weighted by Crippen LogP contribution is -2.20. The van der Waals surface area contributed by atoms with E-state index in [0.29, 0.717) is 11.5 Å². The fourth-order valence-electron chi connectivity index (χ4n) is 2.66. The maximum atomic E-state index is 12.3. The molecule has 0 bridgehead atoms. The summed E-state index contributed by atoms with van der Waals surface area (Å²) in [6.45, 7) is 3.78. The van der Waals surface area contributed by atoms with Crippen LogP contribution < -0.4 is 21.3 Å². The zero-order valence-electron chi connectivity index (χ0n) is 15.2. The number of nitrogens with one attached hydrogen (secondary N) is 4. The summed E-state index contributed by atoms with van der Waals surface area (Å²) in [5.41, 5.74) is 2.61. The Hall–Kier alpha value is -4.01. The second-order valence-corrected chi connectivity index (χ2v) is 5.85. The summed E-state index contributed by atoms with van der Waals surface area (Å²) in [7, 11) is 2.44. The Kier molecular flexibility index (Phi) is 5.16. The predicted molar refractivity (Wildman–Crippen MR) is 105 cm³/mol. The van der Waals surface area contributed by atoms with Crippen molar-refractivity contribution in [2.75, 3.05) is 35.5 Å². The van der Waals surface area contributed by atoms with Gasteiger partial charge in [-0.2, -0.15) is 0 Å². The van der Waals surface area contributed by atoms with Crippen LogP contribution in [0.3, 0.4) is 0 Å². The van der Waals surface area contributed by atoms with Crippen LogP contribution >= 0.6 is 0 Å². The summed E-state index contributed by atoms with van der Waals surface area (Å²) >= 11 is 0. The van der Waals surface area contributed by atoms with Gasteiger partial charge in [0.05, 0.1) is 36.7 Å². The summed E-state index contributed by atoms with van der Waals surface area (Å²) in [5, 5.41) is 11.3. The van der Waals surface area contributed by atoms with Crippen molar-refractivity contribution in [2.45, 2.75) is 0 Å². The molecule has 0 atom stereocenters. The van der Waals surface area contributed by atoms with Crippen LogP contribution in [0, 0.1) is 0 Å². The Morgan fingerprint density at radius 1 is 0.821 bits per heavy atom. The molecule has 1 aliphatic heterocycles. The number of hydrogen-bond acceptors (Lipinski definition) is 7. The van der Waals surface area contributed by atoms with Crippen LogP contribution in [0.25, 0.3) is 0 Å². The highest BCUT2D eigenvalue weighted by molar-refractivity contribution is 6.03. The summed E-state index contributed by atoms with van der Waals surface area (Å²) < 4.78 is 9.34. The fraction of sp³-hybridized carbons (Fsp3) is 0.105. The molecular formula is C19H18N4O5. The lowest BCUT2D eigenvalue weighted by atomic mass is 10.1. The fourth-order valence-corrected chi connectivity index (χ4v) is 2.66. The van der Waals surface area contributed by atoms with E-state index in [-0.39, 0.29) is 16.8 Å². The van der Waals surface area contributed by atoms with E-state index < -0.39 is 18.0 Å².